The fraction of sp³-hybridized carbons (Fsp3) is 0.0909. The molecule has 0 atom stereocenters. The maximum absolute atomic E-state index is 6.50. The van der Waals surface area contributed by atoms with Crippen LogP contribution >= 0.6 is 0 Å². The van der Waals surface area contributed by atoms with Crippen molar-refractivity contribution in [1.82, 2.24) is 19.1 Å². The maximum atomic E-state index is 6.50. The van der Waals surface area contributed by atoms with Crippen LogP contribution in [0.25, 0.3) is 66.4 Å². The van der Waals surface area contributed by atoms with Crippen LogP contribution in [0.4, 0.5) is 0 Å². The molecular formula is C44H34N4O. The highest BCUT2D eigenvalue weighted by atomic mass is 16.5. The number of ether oxygens (including phenoxy) is 1. The number of rotatable bonds is 5. The molecule has 0 fully saturated rings. The van der Waals surface area contributed by atoms with Crippen molar-refractivity contribution in [1.29, 1.82) is 0 Å². The molecule has 0 saturated heterocycles. The van der Waals surface area contributed by atoms with Crippen LogP contribution in [0.15, 0.2) is 134 Å². The Morgan fingerprint density at radius 1 is 0.490 bits per heavy atom. The molecule has 0 amide bonds. The Kier molecular flexibility index (Phi) is 6.63. The lowest BCUT2D eigenvalue weighted by atomic mass is 10.0. The van der Waals surface area contributed by atoms with Gasteiger partial charge in [0.15, 0.2) is 0 Å². The van der Waals surface area contributed by atoms with Crippen LogP contribution in [0.5, 0.6) is 11.5 Å². The Bertz CT molecular complexity index is 2670. The number of pyridine rings is 2. The van der Waals surface area contributed by atoms with Crippen molar-refractivity contribution in [3.05, 3.63) is 156 Å². The molecule has 0 radical (unpaired) electrons. The molecule has 0 aliphatic heterocycles. The van der Waals surface area contributed by atoms with Gasteiger partial charge in [-0.05, 0) is 98.5 Å². The summed E-state index contributed by atoms with van der Waals surface area (Å²) in [4.78, 5) is 9.51. The second-order valence-electron chi connectivity index (χ2n) is 12.9. The lowest BCUT2D eigenvalue weighted by Gasteiger charge is -2.15. The highest BCUT2D eigenvalue weighted by Gasteiger charge is 2.20. The molecule has 9 rings (SSSR count). The van der Waals surface area contributed by atoms with E-state index < -0.39 is 0 Å². The average Bonchev–Trinajstić information content (AvgIpc) is 3.65. The zero-order valence-electron chi connectivity index (χ0n) is 27.9. The summed E-state index contributed by atoms with van der Waals surface area (Å²) in [7, 11) is 0. The molecule has 4 heterocycles. The highest BCUT2D eigenvalue weighted by Crippen LogP contribution is 2.39. The molecular weight excluding hydrogens is 601 g/mol. The minimum absolute atomic E-state index is 0.755. The number of hydrogen-bond donors (Lipinski definition) is 0. The molecule has 0 saturated carbocycles. The summed E-state index contributed by atoms with van der Waals surface area (Å²) in [6.45, 7) is 8.86. The molecule has 236 valence electrons. The van der Waals surface area contributed by atoms with E-state index in [1.54, 1.807) is 0 Å². The predicted octanol–water partition coefficient (Wildman–Crippen LogP) is 11.4. The quantitative estimate of drug-likeness (QED) is 0.189. The first-order valence-corrected chi connectivity index (χ1v) is 16.7. The van der Waals surface area contributed by atoms with Crippen LogP contribution in [0.3, 0.4) is 0 Å². The van der Waals surface area contributed by atoms with Gasteiger partial charge in [0.1, 0.15) is 17.3 Å². The third-order valence-electron chi connectivity index (χ3n) is 10.0. The van der Waals surface area contributed by atoms with Gasteiger partial charge in [0, 0.05) is 51.6 Å². The SMILES string of the molecule is Cc1ccc2c3ccc(C)c(C)c3n(-c3ccnc(-n4c5ccccc5c5ccc(Oc6cccc(-c7ccccn7)c6)cc54)c3)c2c1C. The largest absolute Gasteiger partial charge is 0.457 e. The number of para-hydroxylation sites is 1. The first-order valence-electron chi connectivity index (χ1n) is 16.7. The summed E-state index contributed by atoms with van der Waals surface area (Å²) < 4.78 is 11.2. The Morgan fingerprint density at radius 3 is 1.94 bits per heavy atom. The summed E-state index contributed by atoms with van der Waals surface area (Å²) in [5, 5.41) is 4.85. The van der Waals surface area contributed by atoms with Crippen molar-refractivity contribution < 1.29 is 4.74 Å². The lowest BCUT2D eigenvalue weighted by Crippen LogP contribution is -2.02. The van der Waals surface area contributed by atoms with Gasteiger partial charge in [-0.3, -0.25) is 9.55 Å². The Labute approximate surface area is 284 Å². The molecule has 0 bridgehead atoms. The molecule has 0 unspecified atom stereocenters. The molecule has 5 heteroatoms. The summed E-state index contributed by atoms with van der Waals surface area (Å²) >= 11 is 0. The van der Waals surface area contributed by atoms with Gasteiger partial charge in [-0.15, -0.1) is 0 Å². The molecule has 49 heavy (non-hydrogen) atoms. The normalized spacial score (nSPS) is 11.7. The van der Waals surface area contributed by atoms with E-state index in [0.29, 0.717) is 0 Å². The fourth-order valence-electron chi connectivity index (χ4n) is 7.30. The van der Waals surface area contributed by atoms with Crippen molar-refractivity contribution in [2.24, 2.45) is 0 Å². The standard InChI is InChI=1S/C44H34N4O/c1-27-15-18-37-38-19-16-28(2)30(4)44(38)47(43(37)29(27)3)32-21-23-46-42(25-32)48-40-14-6-5-12-35(40)36-20-17-34(26-41(36)48)49-33-11-9-10-31(24-33)39-13-7-8-22-45-39/h5-26H,1-4H3. The zero-order valence-corrected chi connectivity index (χ0v) is 27.9. The van der Waals surface area contributed by atoms with Crippen molar-refractivity contribution in [2.45, 2.75) is 27.7 Å². The third kappa shape index (κ3) is 4.61. The van der Waals surface area contributed by atoms with E-state index >= 15 is 0 Å². The van der Waals surface area contributed by atoms with Crippen molar-refractivity contribution in [3.8, 4) is 34.3 Å². The maximum Gasteiger partial charge on any atom is 0.139 e. The number of benzene rings is 5. The molecule has 5 aromatic carbocycles. The molecule has 0 N–H and O–H groups in total. The molecule has 4 aromatic heterocycles. The van der Waals surface area contributed by atoms with E-state index in [2.05, 4.69) is 121 Å². The van der Waals surface area contributed by atoms with Crippen molar-refractivity contribution >= 4 is 43.6 Å². The molecule has 0 aliphatic carbocycles. The van der Waals surface area contributed by atoms with Crippen LogP contribution in [0.2, 0.25) is 0 Å². The van der Waals surface area contributed by atoms with E-state index in [9.17, 15) is 0 Å². The van der Waals surface area contributed by atoms with Crippen LogP contribution < -0.4 is 4.74 Å². The average molecular weight is 635 g/mol. The smallest absolute Gasteiger partial charge is 0.139 e. The minimum Gasteiger partial charge on any atom is -0.457 e. The summed E-state index contributed by atoms with van der Waals surface area (Å²) in [5.74, 6) is 2.36. The molecule has 0 spiro atoms. The Hall–Kier alpha value is -6.20. The van der Waals surface area contributed by atoms with Gasteiger partial charge in [0.25, 0.3) is 0 Å². The number of fused-ring (bicyclic) bond motifs is 6. The predicted molar refractivity (Wildman–Crippen MR) is 202 cm³/mol. The number of nitrogens with zero attached hydrogens (tertiary/aromatic N) is 4. The van der Waals surface area contributed by atoms with E-state index in [-0.39, 0.29) is 0 Å². The van der Waals surface area contributed by atoms with Crippen LogP contribution in [0.1, 0.15) is 22.3 Å². The van der Waals surface area contributed by atoms with Crippen molar-refractivity contribution in [2.75, 3.05) is 0 Å². The molecule has 0 aliphatic rings. The first-order chi connectivity index (χ1) is 24.0. The second-order valence-corrected chi connectivity index (χ2v) is 12.9. The lowest BCUT2D eigenvalue weighted by molar-refractivity contribution is 0.483. The molecule has 5 nitrogen and oxygen atoms in total. The van der Waals surface area contributed by atoms with Gasteiger partial charge >= 0.3 is 0 Å². The number of aromatic nitrogens is 4. The van der Waals surface area contributed by atoms with Crippen molar-refractivity contribution in [3.63, 3.8) is 0 Å². The van der Waals surface area contributed by atoms with Gasteiger partial charge in [0.05, 0.1) is 33.4 Å². The van der Waals surface area contributed by atoms with Gasteiger partial charge in [-0.1, -0.05) is 60.7 Å². The van der Waals surface area contributed by atoms with Gasteiger partial charge in [-0.2, -0.15) is 0 Å². The topological polar surface area (TPSA) is 44.9 Å². The number of aryl methyl sites for hydroxylation is 4. The minimum atomic E-state index is 0.755. The fourth-order valence-corrected chi connectivity index (χ4v) is 7.30. The van der Waals surface area contributed by atoms with Gasteiger partial charge in [-0.25, -0.2) is 4.98 Å². The monoisotopic (exact) mass is 634 g/mol. The third-order valence-corrected chi connectivity index (χ3v) is 10.0. The van der Waals surface area contributed by atoms with Crippen LogP contribution in [0, 0.1) is 27.7 Å². The van der Waals surface area contributed by atoms with Crippen LogP contribution in [-0.4, -0.2) is 19.1 Å². The Balaban J connectivity index is 1.23. The van der Waals surface area contributed by atoms with Crippen LogP contribution in [-0.2, 0) is 0 Å². The van der Waals surface area contributed by atoms with E-state index in [1.165, 1.54) is 49.4 Å². The zero-order chi connectivity index (χ0) is 33.2. The number of hydrogen-bond acceptors (Lipinski definition) is 3. The molecule has 9 aromatic rings. The Morgan fingerprint density at radius 2 is 1.18 bits per heavy atom. The highest BCUT2D eigenvalue weighted by molar-refractivity contribution is 6.12. The van der Waals surface area contributed by atoms with Gasteiger partial charge in [0.2, 0.25) is 0 Å². The first kappa shape index (κ1) is 29.0. The second kappa shape index (κ2) is 11.2. The van der Waals surface area contributed by atoms with E-state index in [4.69, 9.17) is 9.72 Å². The van der Waals surface area contributed by atoms with E-state index in [1.807, 2.05) is 54.9 Å². The summed E-state index contributed by atoms with van der Waals surface area (Å²) in [5.41, 5.74) is 12.7. The van der Waals surface area contributed by atoms with Gasteiger partial charge < -0.3 is 9.30 Å². The van der Waals surface area contributed by atoms with E-state index in [0.717, 1.165) is 50.7 Å². The summed E-state index contributed by atoms with van der Waals surface area (Å²) in [6, 6.07) is 42.2. The summed E-state index contributed by atoms with van der Waals surface area (Å²) in [6.07, 6.45) is 3.74.